The van der Waals surface area contributed by atoms with Gasteiger partial charge in [-0.2, -0.15) is 0 Å². The van der Waals surface area contributed by atoms with Gasteiger partial charge in [0.25, 0.3) is 0 Å². The Morgan fingerprint density at radius 3 is 2.36 bits per heavy atom. The van der Waals surface area contributed by atoms with E-state index in [1.54, 1.807) is 7.05 Å². The van der Waals surface area contributed by atoms with Crippen LogP contribution in [0.2, 0.25) is 0 Å². The first-order chi connectivity index (χ1) is 13.6. The quantitative estimate of drug-likeness (QED) is 0.185. The molecule has 0 spiro atoms. The summed E-state index contributed by atoms with van der Waals surface area (Å²) in [7, 11) is 1.58. The summed E-state index contributed by atoms with van der Waals surface area (Å²) >= 11 is 0. The number of carbonyl (C=O) groups is 2. The second-order valence-electron chi connectivity index (χ2n) is 7.27. The predicted molar refractivity (Wildman–Crippen MR) is 113 cm³/mol. The summed E-state index contributed by atoms with van der Waals surface area (Å²) in [6, 6.07) is 0. The molecule has 0 bridgehead atoms. The first-order valence-electron chi connectivity index (χ1n) is 11.1. The third-order valence-electron chi connectivity index (χ3n) is 4.59. The molecule has 4 N–H and O–H groups in total. The molecule has 0 fully saturated rings. The SMILES string of the molecule is CCCCCCC(O)NCCCCCCC(=O)NCCCCOCC(=O)NC. The Hall–Kier alpha value is -1.18. The van der Waals surface area contributed by atoms with Gasteiger partial charge in [-0.1, -0.05) is 39.0 Å². The number of likely N-dealkylation sites (N-methyl/N-ethyl adjacent to an activating group) is 1. The summed E-state index contributed by atoms with van der Waals surface area (Å²) in [4.78, 5) is 22.7. The fourth-order valence-electron chi connectivity index (χ4n) is 2.78. The van der Waals surface area contributed by atoms with Crippen molar-refractivity contribution in [2.24, 2.45) is 0 Å². The van der Waals surface area contributed by atoms with E-state index in [1.807, 2.05) is 0 Å². The van der Waals surface area contributed by atoms with Crippen molar-refractivity contribution in [3.05, 3.63) is 0 Å². The zero-order valence-corrected chi connectivity index (χ0v) is 18.1. The molecule has 0 saturated heterocycles. The van der Waals surface area contributed by atoms with Crippen LogP contribution in [0.15, 0.2) is 0 Å². The van der Waals surface area contributed by atoms with Crippen molar-refractivity contribution in [3.8, 4) is 0 Å². The number of hydrogen-bond acceptors (Lipinski definition) is 5. The third-order valence-corrected chi connectivity index (χ3v) is 4.59. The topological polar surface area (TPSA) is 99.7 Å². The van der Waals surface area contributed by atoms with Crippen molar-refractivity contribution in [1.29, 1.82) is 0 Å². The summed E-state index contributed by atoms with van der Waals surface area (Å²) in [6.07, 6.45) is 11.5. The number of ether oxygens (including phenoxy) is 1. The highest BCUT2D eigenvalue weighted by atomic mass is 16.5. The molecule has 0 saturated carbocycles. The van der Waals surface area contributed by atoms with E-state index >= 15 is 0 Å². The largest absolute Gasteiger partial charge is 0.379 e. The monoisotopic (exact) mass is 401 g/mol. The molecule has 0 aromatic rings. The molecule has 2 amide bonds. The first kappa shape index (κ1) is 26.8. The summed E-state index contributed by atoms with van der Waals surface area (Å²) in [5.41, 5.74) is 0. The number of unbranched alkanes of at least 4 members (excludes halogenated alkanes) is 7. The maximum absolute atomic E-state index is 11.7. The minimum absolute atomic E-state index is 0.0936. The molecular weight excluding hydrogens is 358 g/mol. The van der Waals surface area contributed by atoms with Crippen molar-refractivity contribution in [1.82, 2.24) is 16.0 Å². The molecule has 1 atom stereocenters. The van der Waals surface area contributed by atoms with E-state index in [9.17, 15) is 14.7 Å². The van der Waals surface area contributed by atoms with E-state index in [0.29, 0.717) is 19.6 Å². The Labute approximate surface area is 171 Å². The predicted octanol–water partition coefficient (Wildman–Crippen LogP) is 2.47. The summed E-state index contributed by atoms with van der Waals surface area (Å²) in [5, 5.41) is 18.4. The highest BCUT2D eigenvalue weighted by Gasteiger charge is 2.03. The third kappa shape index (κ3) is 19.6. The van der Waals surface area contributed by atoms with Crippen LogP contribution in [-0.2, 0) is 14.3 Å². The molecule has 0 aromatic carbocycles. The van der Waals surface area contributed by atoms with E-state index in [0.717, 1.165) is 57.9 Å². The molecular formula is C21H43N3O4. The van der Waals surface area contributed by atoms with Gasteiger partial charge in [-0.05, 0) is 45.1 Å². The van der Waals surface area contributed by atoms with Crippen molar-refractivity contribution in [2.45, 2.75) is 90.2 Å². The average Bonchev–Trinajstić information content (AvgIpc) is 2.69. The van der Waals surface area contributed by atoms with Crippen LogP contribution < -0.4 is 16.0 Å². The Balaban J connectivity index is 3.29. The molecule has 0 aromatic heterocycles. The number of nitrogens with one attached hydrogen (secondary N) is 3. The van der Waals surface area contributed by atoms with Crippen LogP contribution in [0.25, 0.3) is 0 Å². The maximum atomic E-state index is 11.7. The molecule has 166 valence electrons. The number of rotatable bonds is 20. The van der Waals surface area contributed by atoms with Crippen molar-refractivity contribution in [3.63, 3.8) is 0 Å². The molecule has 28 heavy (non-hydrogen) atoms. The zero-order valence-electron chi connectivity index (χ0n) is 18.1. The molecule has 0 rings (SSSR count). The number of aliphatic hydroxyl groups excluding tert-OH is 1. The molecule has 0 heterocycles. The van der Waals surface area contributed by atoms with E-state index in [-0.39, 0.29) is 24.6 Å². The first-order valence-corrected chi connectivity index (χ1v) is 11.1. The normalized spacial score (nSPS) is 12.0. The van der Waals surface area contributed by atoms with Gasteiger partial charge in [-0.15, -0.1) is 0 Å². The van der Waals surface area contributed by atoms with Gasteiger partial charge < -0.3 is 20.5 Å². The molecule has 7 nitrogen and oxygen atoms in total. The van der Waals surface area contributed by atoms with Crippen molar-refractivity contribution in [2.75, 3.05) is 33.4 Å². The van der Waals surface area contributed by atoms with Crippen LogP contribution in [0.3, 0.4) is 0 Å². The van der Waals surface area contributed by atoms with Gasteiger partial charge in [-0.3, -0.25) is 14.9 Å². The molecule has 0 aliphatic heterocycles. The van der Waals surface area contributed by atoms with Gasteiger partial charge >= 0.3 is 0 Å². The van der Waals surface area contributed by atoms with E-state index < -0.39 is 0 Å². The lowest BCUT2D eigenvalue weighted by molar-refractivity contribution is -0.125. The second-order valence-corrected chi connectivity index (χ2v) is 7.27. The molecule has 1 unspecified atom stereocenters. The van der Waals surface area contributed by atoms with Crippen LogP contribution in [0.1, 0.15) is 84.0 Å². The van der Waals surface area contributed by atoms with Crippen LogP contribution in [0, 0.1) is 0 Å². The fourth-order valence-corrected chi connectivity index (χ4v) is 2.78. The van der Waals surface area contributed by atoms with E-state index in [1.165, 1.54) is 19.3 Å². The molecule has 0 radical (unpaired) electrons. The lowest BCUT2D eigenvalue weighted by atomic mass is 10.1. The number of carbonyl (C=O) groups excluding carboxylic acids is 2. The Morgan fingerprint density at radius 1 is 0.893 bits per heavy atom. The standard InChI is InChI=1S/C21H43N3O4/c1-3-4-5-8-13-19(25)23-15-10-7-6-9-14-20(26)24-16-11-12-17-28-18-21(27)22-2/h19,23,25H,3-18H2,1-2H3,(H,22,27)(H,24,26). The molecule has 7 heteroatoms. The Morgan fingerprint density at radius 2 is 1.61 bits per heavy atom. The summed E-state index contributed by atoms with van der Waals surface area (Å²) in [6.45, 7) is 4.31. The van der Waals surface area contributed by atoms with Crippen LogP contribution in [0.5, 0.6) is 0 Å². The smallest absolute Gasteiger partial charge is 0.245 e. The van der Waals surface area contributed by atoms with Gasteiger partial charge in [0.1, 0.15) is 12.8 Å². The highest BCUT2D eigenvalue weighted by molar-refractivity contribution is 5.76. The maximum Gasteiger partial charge on any atom is 0.245 e. The minimum atomic E-state index is -0.378. The molecule has 0 aliphatic rings. The van der Waals surface area contributed by atoms with Crippen LogP contribution in [0.4, 0.5) is 0 Å². The van der Waals surface area contributed by atoms with Crippen LogP contribution >= 0.6 is 0 Å². The number of amides is 2. The van der Waals surface area contributed by atoms with Crippen LogP contribution in [-0.4, -0.2) is 56.5 Å². The summed E-state index contributed by atoms with van der Waals surface area (Å²) < 4.78 is 5.20. The van der Waals surface area contributed by atoms with Gasteiger partial charge in [-0.25, -0.2) is 0 Å². The molecule has 0 aliphatic carbocycles. The minimum Gasteiger partial charge on any atom is -0.379 e. The van der Waals surface area contributed by atoms with Crippen molar-refractivity contribution >= 4 is 11.8 Å². The fraction of sp³-hybridized carbons (Fsp3) is 0.905. The highest BCUT2D eigenvalue weighted by Crippen LogP contribution is 2.05. The second kappa shape index (κ2) is 20.6. The van der Waals surface area contributed by atoms with Gasteiger partial charge in [0, 0.05) is 26.6 Å². The zero-order chi connectivity index (χ0) is 20.9. The van der Waals surface area contributed by atoms with Gasteiger partial charge in [0.05, 0.1) is 0 Å². The van der Waals surface area contributed by atoms with E-state index in [2.05, 4.69) is 22.9 Å². The van der Waals surface area contributed by atoms with Gasteiger partial charge in [0.15, 0.2) is 0 Å². The van der Waals surface area contributed by atoms with E-state index in [4.69, 9.17) is 4.74 Å². The Bertz CT molecular complexity index is 381. The lowest BCUT2D eigenvalue weighted by Gasteiger charge is -2.12. The number of hydrogen-bond donors (Lipinski definition) is 4. The summed E-state index contributed by atoms with van der Waals surface area (Å²) in [5.74, 6) is -0.0189. The van der Waals surface area contributed by atoms with Crippen molar-refractivity contribution < 1.29 is 19.4 Å². The van der Waals surface area contributed by atoms with Gasteiger partial charge in [0.2, 0.25) is 11.8 Å². The lowest BCUT2D eigenvalue weighted by Crippen LogP contribution is -2.29. The number of aliphatic hydroxyl groups is 1. The average molecular weight is 402 g/mol. The Kier molecular flexibility index (Phi) is 19.7.